The summed E-state index contributed by atoms with van der Waals surface area (Å²) in [5.41, 5.74) is 0.460. The van der Waals surface area contributed by atoms with Crippen molar-refractivity contribution < 1.29 is 28.2 Å². The summed E-state index contributed by atoms with van der Waals surface area (Å²) in [5.74, 6) is -1.08. The van der Waals surface area contributed by atoms with Crippen molar-refractivity contribution in [2.24, 2.45) is 0 Å². The number of urea groups is 1. The Morgan fingerprint density at radius 2 is 2.14 bits per heavy atom. The molecule has 0 aliphatic rings. The van der Waals surface area contributed by atoms with Crippen LogP contribution >= 0.6 is 0 Å². The third kappa shape index (κ3) is 7.16. The number of aromatic carboxylic acids is 1. The predicted molar refractivity (Wildman–Crippen MR) is 68.3 cm³/mol. The van der Waals surface area contributed by atoms with Gasteiger partial charge in [-0.3, -0.25) is 4.98 Å². The number of rotatable bonds is 8. The van der Waals surface area contributed by atoms with E-state index in [0.29, 0.717) is 5.69 Å². The lowest BCUT2D eigenvalue weighted by atomic mass is 10.2. The number of halogens is 2. The molecular formula is C12H15F2N3O4. The van der Waals surface area contributed by atoms with Crippen LogP contribution in [0.1, 0.15) is 16.1 Å². The van der Waals surface area contributed by atoms with E-state index in [1.807, 2.05) is 0 Å². The SMILES string of the molecule is O=C(NCCOCC(F)F)NCc1cc(C(=O)O)ccn1. The Balaban J connectivity index is 2.24. The van der Waals surface area contributed by atoms with E-state index >= 15 is 0 Å². The summed E-state index contributed by atoms with van der Waals surface area (Å²) in [6, 6.07) is 2.15. The number of amides is 2. The molecule has 0 aliphatic heterocycles. The molecule has 0 fully saturated rings. The van der Waals surface area contributed by atoms with Crippen LogP contribution in [0.5, 0.6) is 0 Å². The molecule has 1 rings (SSSR count). The number of hydrogen-bond acceptors (Lipinski definition) is 4. The molecule has 0 unspecified atom stereocenters. The van der Waals surface area contributed by atoms with Crippen LogP contribution in [-0.2, 0) is 11.3 Å². The van der Waals surface area contributed by atoms with Crippen molar-refractivity contribution in [3.63, 3.8) is 0 Å². The van der Waals surface area contributed by atoms with Crippen molar-refractivity contribution in [3.8, 4) is 0 Å². The lowest BCUT2D eigenvalue weighted by molar-refractivity contribution is 0.0193. The Morgan fingerprint density at radius 3 is 2.81 bits per heavy atom. The maximum Gasteiger partial charge on any atom is 0.335 e. The predicted octanol–water partition coefficient (Wildman–Crippen LogP) is 0.861. The van der Waals surface area contributed by atoms with Crippen molar-refractivity contribution >= 4 is 12.0 Å². The van der Waals surface area contributed by atoms with Crippen molar-refractivity contribution in [1.82, 2.24) is 15.6 Å². The molecule has 0 atom stereocenters. The molecule has 116 valence electrons. The fraction of sp³-hybridized carbons (Fsp3) is 0.417. The highest BCUT2D eigenvalue weighted by Gasteiger charge is 2.06. The molecule has 21 heavy (non-hydrogen) atoms. The number of carboxylic acids is 1. The first-order valence-corrected chi connectivity index (χ1v) is 6.05. The number of carboxylic acid groups (broad SMARTS) is 1. The average molecular weight is 303 g/mol. The minimum atomic E-state index is -2.54. The molecule has 0 saturated carbocycles. The zero-order valence-corrected chi connectivity index (χ0v) is 11.0. The van der Waals surface area contributed by atoms with E-state index in [2.05, 4.69) is 20.4 Å². The Kier molecular flexibility index (Phi) is 7.02. The fourth-order valence-corrected chi connectivity index (χ4v) is 1.35. The second-order valence-corrected chi connectivity index (χ2v) is 3.92. The molecule has 9 heteroatoms. The van der Waals surface area contributed by atoms with E-state index in [-0.39, 0.29) is 25.3 Å². The van der Waals surface area contributed by atoms with Crippen LogP contribution in [0.15, 0.2) is 18.3 Å². The molecule has 1 heterocycles. The second-order valence-electron chi connectivity index (χ2n) is 3.92. The van der Waals surface area contributed by atoms with Gasteiger partial charge in [0, 0.05) is 12.7 Å². The average Bonchev–Trinajstić information content (AvgIpc) is 2.44. The van der Waals surface area contributed by atoms with Crippen molar-refractivity contribution in [2.45, 2.75) is 13.0 Å². The third-order valence-corrected chi connectivity index (χ3v) is 2.27. The third-order valence-electron chi connectivity index (χ3n) is 2.27. The van der Waals surface area contributed by atoms with Crippen molar-refractivity contribution in [1.29, 1.82) is 0 Å². The van der Waals surface area contributed by atoms with Gasteiger partial charge in [-0.25, -0.2) is 18.4 Å². The van der Waals surface area contributed by atoms with Crippen LogP contribution in [-0.4, -0.2) is 48.3 Å². The van der Waals surface area contributed by atoms with Gasteiger partial charge in [-0.05, 0) is 12.1 Å². The summed E-state index contributed by atoms with van der Waals surface area (Å²) in [4.78, 5) is 26.0. The molecule has 2 amide bonds. The zero-order valence-electron chi connectivity index (χ0n) is 11.0. The minimum absolute atomic E-state index is 0.0233. The maximum absolute atomic E-state index is 11.7. The molecule has 7 nitrogen and oxygen atoms in total. The van der Waals surface area contributed by atoms with Gasteiger partial charge < -0.3 is 20.5 Å². The van der Waals surface area contributed by atoms with Gasteiger partial charge in [0.2, 0.25) is 0 Å². The molecule has 0 bridgehead atoms. The van der Waals surface area contributed by atoms with Gasteiger partial charge in [0.25, 0.3) is 6.43 Å². The van der Waals surface area contributed by atoms with E-state index in [0.717, 1.165) is 0 Å². The van der Waals surface area contributed by atoms with Crippen LogP contribution < -0.4 is 10.6 Å². The molecule has 1 aromatic heterocycles. The molecule has 0 spiro atoms. The zero-order chi connectivity index (χ0) is 15.7. The number of nitrogens with zero attached hydrogens (tertiary/aromatic N) is 1. The first-order valence-electron chi connectivity index (χ1n) is 6.05. The number of carbonyl (C=O) groups excluding carboxylic acids is 1. The Hall–Kier alpha value is -2.29. The number of aromatic nitrogens is 1. The standard InChI is InChI=1S/C12H15F2N3O4/c13-10(14)7-21-4-3-16-12(20)17-6-9-5-8(11(18)19)1-2-15-9/h1-2,5,10H,3-4,6-7H2,(H,18,19)(H2,16,17,20). The molecule has 0 aromatic carbocycles. The molecule has 0 aliphatic carbocycles. The molecule has 0 radical (unpaired) electrons. The van der Waals surface area contributed by atoms with E-state index in [9.17, 15) is 18.4 Å². The number of pyridine rings is 1. The van der Waals surface area contributed by atoms with Crippen LogP contribution in [0.25, 0.3) is 0 Å². The van der Waals surface area contributed by atoms with E-state index in [1.165, 1.54) is 18.3 Å². The summed E-state index contributed by atoms with van der Waals surface area (Å²) in [6.07, 6.45) is -1.21. The summed E-state index contributed by atoms with van der Waals surface area (Å²) < 4.78 is 28.1. The summed E-state index contributed by atoms with van der Waals surface area (Å²) >= 11 is 0. The van der Waals surface area contributed by atoms with Gasteiger partial charge in [-0.1, -0.05) is 0 Å². The van der Waals surface area contributed by atoms with Gasteiger partial charge in [0.15, 0.2) is 0 Å². The van der Waals surface area contributed by atoms with Crippen LogP contribution in [0, 0.1) is 0 Å². The maximum atomic E-state index is 11.7. The molecular weight excluding hydrogens is 288 g/mol. The second kappa shape index (κ2) is 8.80. The smallest absolute Gasteiger partial charge is 0.335 e. The Morgan fingerprint density at radius 1 is 1.38 bits per heavy atom. The fourth-order valence-electron chi connectivity index (χ4n) is 1.35. The van der Waals surface area contributed by atoms with Gasteiger partial charge in [0.05, 0.1) is 24.4 Å². The first kappa shape index (κ1) is 16.8. The van der Waals surface area contributed by atoms with E-state index in [4.69, 9.17) is 5.11 Å². The highest BCUT2D eigenvalue weighted by Crippen LogP contribution is 2.01. The van der Waals surface area contributed by atoms with Gasteiger partial charge in [0.1, 0.15) is 6.61 Å². The number of alkyl halides is 2. The van der Waals surface area contributed by atoms with Gasteiger partial charge in [-0.2, -0.15) is 0 Å². The number of carbonyl (C=O) groups is 2. The highest BCUT2D eigenvalue weighted by molar-refractivity contribution is 5.87. The van der Waals surface area contributed by atoms with Crippen LogP contribution in [0.2, 0.25) is 0 Å². The lowest BCUT2D eigenvalue weighted by Crippen LogP contribution is -2.37. The highest BCUT2D eigenvalue weighted by atomic mass is 19.3. The lowest BCUT2D eigenvalue weighted by Gasteiger charge is -2.08. The van der Waals surface area contributed by atoms with Crippen molar-refractivity contribution in [2.75, 3.05) is 19.8 Å². The van der Waals surface area contributed by atoms with E-state index < -0.39 is 25.0 Å². The quantitative estimate of drug-likeness (QED) is 0.618. The molecule has 3 N–H and O–H groups in total. The summed E-state index contributed by atoms with van der Waals surface area (Å²) in [6.45, 7) is -0.564. The van der Waals surface area contributed by atoms with Crippen LogP contribution in [0.4, 0.5) is 13.6 Å². The summed E-state index contributed by atoms with van der Waals surface area (Å²) in [7, 11) is 0. The van der Waals surface area contributed by atoms with Crippen LogP contribution in [0.3, 0.4) is 0 Å². The normalized spacial score (nSPS) is 10.4. The Labute approximate surface area is 119 Å². The van der Waals surface area contributed by atoms with E-state index in [1.54, 1.807) is 0 Å². The number of hydrogen-bond donors (Lipinski definition) is 3. The van der Waals surface area contributed by atoms with Gasteiger partial charge in [-0.15, -0.1) is 0 Å². The van der Waals surface area contributed by atoms with Crippen molar-refractivity contribution in [3.05, 3.63) is 29.6 Å². The molecule has 1 aromatic rings. The topological polar surface area (TPSA) is 101 Å². The number of nitrogens with one attached hydrogen (secondary N) is 2. The molecule has 0 saturated heterocycles. The summed E-state index contributed by atoms with van der Waals surface area (Å²) in [5, 5.41) is 13.7. The number of ether oxygens (including phenoxy) is 1. The Bertz CT molecular complexity index is 485. The van der Waals surface area contributed by atoms with Gasteiger partial charge >= 0.3 is 12.0 Å². The minimum Gasteiger partial charge on any atom is -0.478 e. The monoisotopic (exact) mass is 303 g/mol. The largest absolute Gasteiger partial charge is 0.478 e. The first-order chi connectivity index (χ1) is 9.99.